The van der Waals surface area contributed by atoms with Gasteiger partial charge in [0.2, 0.25) is 0 Å². The third kappa shape index (κ3) is 2.49. The molecule has 0 amide bonds. The third-order valence-corrected chi connectivity index (χ3v) is 3.07. The summed E-state index contributed by atoms with van der Waals surface area (Å²) >= 11 is 0. The standard InChI is InChI=1S/C15H15N3/c1-12(13-7-4-3-5-8-13)18(2)15-10-6-9-14(11-16)17-15/h3-10,12H,1-2H3. The molecular formula is C15H15N3. The van der Waals surface area contributed by atoms with Crippen LogP contribution in [0.4, 0.5) is 5.82 Å². The summed E-state index contributed by atoms with van der Waals surface area (Å²) in [5.41, 5.74) is 1.67. The molecule has 1 aromatic carbocycles. The van der Waals surface area contributed by atoms with Gasteiger partial charge in [0.05, 0.1) is 6.04 Å². The number of nitrogens with zero attached hydrogens (tertiary/aromatic N) is 3. The Hall–Kier alpha value is -2.34. The Bertz CT molecular complexity index is 557. The zero-order valence-corrected chi connectivity index (χ0v) is 10.5. The van der Waals surface area contributed by atoms with Gasteiger partial charge in [-0.15, -0.1) is 0 Å². The minimum absolute atomic E-state index is 0.215. The number of benzene rings is 1. The molecule has 2 rings (SSSR count). The molecular weight excluding hydrogens is 222 g/mol. The Kier molecular flexibility index (Phi) is 3.59. The van der Waals surface area contributed by atoms with Crippen LogP contribution >= 0.6 is 0 Å². The van der Waals surface area contributed by atoms with Crippen molar-refractivity contribution in [2.24, 2.45) is 0 Å². The average molecular weight is 237 g/mol. The molecule has 0 aliphatic carbocycles. The maximum atomic E-state index is 8.87. The van der Waals surface area contributed by atoms with Crippen LogP contribution in [0.25, 0.3) is 0 Å². The Morgan fingerprint density at radius 3 is 2.50 bits per heavy atom. The summed E-state index contributed by atoms with van der Waals surface area (Å²) in [5.74, 6) is 0.811. The van der Waals surface area contributed by atoms with Crippen molar-refractivity contribution in [3.05, 3.63) is 59.8 Å². The lowest BCUT2D eigenvalue weighted by atomic mass is 10.1. The topological polar surface area (TPSA) is 39.9 Å². The van der Waals surface area contributed by atoms with Gasteiger partial charge >= 0.3 is 0 Å². The molecule has 0 N–H and O–H groups in total. The summed E-state index contributed by atoms with van der Waals surface area (Å²) in [4.78, 5) is 6.37. The first kappa shape index (κ1) is 12.1. The molecule has 3 nitrogen and oxygen atoms in total. The monoisotopic (exact) mass is 237 g/mol. The number of hydrogen-bond acceptors (Lipinski definition) is 3. The normalized spacial score (nSPS) is 11.6. The first-order chi connectivity index (χ1) is 8.72. The average Bonchev–Trinajstić information content (AvgIpc) is 2.46. The van der Waals surface area contributed by atoms with Gasteiger partial charge in [0.15, 0.2) is 0 Å². The van der Waals surface area contributed by atoms with Gasteiger partial charge < -0.3 is 4.90 Å². The summed E-state index contributed by atoms with van der Waals surface area (Å²) < 4.78 is 0. The SMILES string of the molecule is CC(c1ccccc1)N(C)c1cccc(C#N)n1. The highest BCUT2D eigenvalue weighted by Gasteiger charge is 2.13. The quantitative estimate of drug-likeness (QED) is 0.823. The van der Waals surface area contributed by atoms with Crippen LogP contribution in [-0.2, 0) is 0 Å². The van der Waals surface area contributed by atoms with Crippen LogP contribution in [0.1, 0.15) is 24.2 Å². The molecule has 0 saturated carbocycles. The van der Waals surface area contributed by atoms with Gasteiger partial charge in [-0.1, -0.05) is 36.4 Å². The van der Waals surface area contributed by atoms with Crippen molar-refractivity contribution in [1.29, 1.82) is 5.26 Å². The van der Waals surface area contributed by atoms with Crippen LogP contribution in [0, 0.1) is 11.3 Å². The number of hydrogen-bond donors (Lipinski definition) is 0. The van der Waals surface area contributed by atoms with E-state index in [1.165, 1.54) is 5.56 Å². The van der Waals surface area contributed by atoms with Crippen LogP contribution in [0.15, 0.2) is 48.5 Å². The number of rotatable bonds is 3. The lowest BCUT2D eigenvalue weighted by molar-refractivity contribution is 0.728. The van der Waals surface area contributed by atoms with Crippen LogP contribution in [0.2, 0.25) is 0 Å². The van der Waals surface area contributed by atoms with Crippen molar-refractivity contribution in [3.8, 4) is 6.07 Å². The fourth-order valence-electron chi connectivity index (χ4n) is 1.84. The fourth-order valence-corrected chi connectivity index (χ4v) is 1.84. The minimum atomic E-state index is 0.215. The van der Waals surface area contributed by atoms with E-state index in [9.17, 15) is 0 Å². The molecule has 0 aliphatic heterocycles. The summed E-state index contributed by atoms with van der Waals surface area (Å²) in [6.07, 6.45) is 0. The molecule has 18 heavy (non-hydrogen) atoms. The van der Waals surface area contributed by atoms with Crippen LogP contribution in [-0.4, -0.2) is 12.0 Å². The predicted molar refractivity (Wildman–Crippen MR) is 72.2 cm³/mol. The molecule has 0 spiro atoms. The summed E-state index contributed by atoms with van der Waals surface area (Å²) in [6, 6.07) is 18.0. The molecule has 3 heteroatoms. The summed E-state index contributed by atoms with van der Waals surface area (Å²) in [6.45, 7) is 2.12. The third-order valence-electron chi connectivity index (χ3n) is 3.07. The van der Waals surface area contributed by atoms with Crippen molar-refractivity contribution >= 4 is 5.82 Å². The van der Waals surface area contributed by atoms with Gasteiger partial charge in [-0.2, -0.15) is 5.26 Å². The molecule has 0 saturated heterocycles. The van der Waals surface area contributed by atoms with E-state index in [1.807, 2.05) is 37.4 Å². The van der Waals surface area contributed by atoms with Crippen molar-refractivity contribution < 1.29 is 0 Å². The van der Waals surface area contributed by atoms with E-state index < -0.39 is 0 Å². The lowest BCUT2D eigenvalue weighted by Crippen LogP contribution is -2.22. The number of aromatic nitrogens is 1. The van der Waals surface area contributed by atoms with Crippen LogP contribution in [0.5, 0.6) is 0 Å². The van der Waals surface area contributed by atoms with Crippen molar-refractivity contribution in [3.63, 3.8) is 0 Å². The first-order valence-electron chi connectivity index (χ1n) is 5.87. The van der Waals surface area contributed by atoms with Gasteiger partial charge in [-0.05, 0) is 24.6 Å². The molecule has 1 heterocycles. The molecule has 1 atom stereocenters. The van der Waals surface area contributed by atoms with Crippen molar-refractivity contribution in [2.75, 3.05) is 11.9 Å². The number of pyridine rings is 1. The van der Waals surface area contributed by atoms with Gasteiger partial charge in [0.1, 0.15) is 17.6 Å². The van der Waals surface area contributed by atoms with E-state index in [0.717, 1.165) is 5.82 Å². The van der Waals surface area contributed by atoms with E-state index in [2.05, 4.69) is 35.0 Å². The van der Waals surface area contributed by atoms with Gasteiger partial charge in [0, 0.05) is 7.05 Å². The van der Waals surface area contributed by atoms with Gasteiger partial charge in [0.25, 0.3) is 0 Å². The molecule has 0 fully saturated rings. The Morgan fingerprint density at radius 2 is 1.83 bits per heavy atom. The second-order valence-electron chi connectivity index (χ2n) is 4.19. The Morgan fingerprint density at radius 1 is 1.11 bits per heavy atom. The van der Waals surface area contributed by atoms with E-state index in [4.69, 9.17) is 5.26 Å². The molecule has 1 unspecified atom stereocenters. The summed E-state index contributed by atoms with van der Waals surface area (Å²) in [5, 5.41) is 8.87. The molecule has 1 aromatic heterocycles. The maximum Gasteiger partial charge on any atom is 0.142 e. The predicted octanol–water partition coefficient (Wildman–Crippen LogP) is 3.15. The zero-order valence-electron chi connectivity index (χ0n) is 10.5. The van der Waals surface area contributed by atoms with Crippen LogP contribution in [0.3, 0.4) is 0 Å². The van der Waals surface area contributed by atoms with Gasteiger partial charge in [-0.25, -0.2) is 4.98 Å². The maximum absolute atomic E-state index is 8.87. The number of nitriles is 1. The van der Waals surface area contributed by atoms with E-state index in [1.54, 1.807) is 6.07 Å². The second kappa shape index (κ2) is 5.33. The van der Waals surface area contributed by atoms with E-state index >= 15 is 0 Å². The van der Waals surface area contributed by atoms with Crippen molar-refractivity contribution in [2.45, 2.75) is 13.0 Å². The van der Waals surface area contributed by atoms with Crippen molar-refractivity contribution in [1.82, 2.24) is 4.98 Å². The molecule has 0 radical (unpaired) electrons. The Balaban J connectivity index is 2.26. The van der Waals surface area contributed by atoms with E-state index in [0.29, 0.717) is 5.69 Å². The highest BCUT2D eigenvalue weighted by atomic mass is 15.2. The largest absolute Gasteiger partial charge is 0.353 e. The molecule has 0 aliphatic rings. The second-order valence-corrected chi connectivity index (χ2v) is 4.19. The first-order valence-corrected chi connectivity index (χ1v) is 5.87. The minimum Gasteiger partial charge on any atom is -0.353 e. The molecule has 90 valence electrons. The zero-order chi connectivity index (χ0) is 13.0. The Labute approximate surface area is 107 Å². The summed E-state index contributed by atoms with van der Waals surface area (Å²) in [7, 11) is 1.99. The lowest BCUT2D eigenvalue weighted by Gasteiger charge is -2.26. The molecule has 0 bridgehead atoms. The number of anilines is 1. The highest BCUT2D eigenvalue weighted by Crippen LogP contribution is 2.23. The molecule has 2 aromatic rings. The van der Waals surface area contributed by atoms with E-state index in [-0.39, 0.29) is 6.04 Å². The van der Waals surface area contributed by atoms with Gasteiger partial charge in [-0.3, -0.25) is 0 Å². The van der Waals surface area contributed by atoms with Crippen LogP contribution < -0.4 is 4.90 Å². The highest BCUT2D eigenvalue weighted by molar-refractivity contribution is 5.43. The fraction of sp³-hybridized carbons (Fsp3) is 0.200. The smallest absolute Gasteiger partial charge is 0.142 e.